The van der Waals surface area contributed by atoms with Crippen LogP contribution >= 0.6 is 0 Å². The van der Waals surface area contributed by atoms with Crippen LogP contribution in [0, 0.1) is 0 Å². The Morgan fingerprint density at radius 1 is 1.33 bits per heavy atom. The number of carbonyl (C=O) groups excluding carboxylic acids is 1. The van der Waals surface area contributed by atoms with Crippen LogP contribution in [0.5, 0.6) is 0 Å². The van der Waals surface area contributed by atoms with Crippen LogP contribution in [-0.4, -0.2) is 41.0 Å². The predicted octanol–water partition coefficient (Wildman–Crippen LogP) is 2.32. The molecule has 2 N–H and O–H groups in total. The van der Waals surface area contributed by atoms with Crippen molar-refractivity contribution in [2.45, 2.75) is 31.9 Å². The molecule has 1 aliphatic heterocycles. The molecule has 7 heteroatoms. The minimum absolute atomic E-state index is 0.155. The second kappa shape index (κ2) is 6.51. The van der Waals surface area contributed by atoms with Gasteiger partial charge in [0.2, 0.25) is 0 Å². The molecule has 1 atom stereocenters. The normalized spacial score (nSPS) is 18.0. The second-order valence-electron chi connectivity index (χ2n) is 4.90. The third-order valence-corrected chi connectivity index (χ3v) is 3.50. The van der Waals surface area contributed by atoms with Gasteiger partial charge in [-0.3, -0.25) is 0 Å². The van der Waals surface area contributed by atoms with Crippen molar-refractivity contribution in [1.29, 1.82) is 0 Å². The largest absolute Gasteiger partial charge is 0.478 e. The number of hydrogen-bond acceptors (Lipinski definition) is 2. The summed E-state index contributed by atoms with van der Waals surface area (Å²) < 4.78 is 25.5. The number of benzene rings is 1. The molecular formula is C14H16F2N2O3. The van der Waals surface area contributed by atoms with Crippen LogP contribution in [0.2, 0.25) is 0 Å². The smallest absolute Gasteiger partial charge is 0.335 e. The molecule has 0 aromatic heterocycles. The summed E-state index contributed by atoms with van der Waals surface area (Å²) in [6.45, 7) is 0.504. The number of carboxylic acids is 1. The van der Waals surface area contributed by atoms with Crippen molar-refractivity contribution in [2.24, 2.45) is 0 Å². The number of likely N-dealkylation sites (tertiary alicyclic amines) is 1. The lowest BCUT2D eigenvalue weighted by molar-refractivity contribution is 0.0606. The highest BCUT2D eigenvalue weighted by Gasteiger charge is 2.34. The van der Waals surface area contributed by atoms with Gasteiger partial charge in [-0.05, 0) is 30.5 Å². The Bertz CT molecular complexity index is 519. The summed E-state index contributed by atoms with van der Waals surface area (Å²) >= 11 is 0. The number of carbonyl (C=O) groups is 2. The van der Waals surface area contributed by atoms with Gasteiger partial charge >= 0.3 is 12.0 Å². The molecule has 0 bridgehead atoms. The van der Waals surface area contributed by atoms with E-state index in [2.05, 4.69) is 5.32 Å². The highest BCUT2D eigenvalue weighted by atomic mass is 19.3. The molecule has 0 spiro atoms. The molecule has 1 heterocycles. The van der Waals surface area contributed by atoms with E-state index >= 15 is 0 Å². The highest BCUT2D eigenvalue weighted by molar-refractivity contribution is 5.87. The molecule has 0 aliphatic carbocycles. The number of carboxylic acid groups (broad SMARTS) is 1. The van der Waals surface area contributed by atoms with Crippen molar-refractivity contribution in [2.75, 3.05) is 6.54 Å². The number of alkyl halides is 2. The summed E-state index contributed by atoms with van der Waals surface area (Å²) in [5, 5.41) is 11.4. The first-order valence-corrected chi connectivity index (χ1v) is 6.64. The number of rotatable bonds is 4. The van der Waals surface area contributed by atoms with Gasteiger partial charge in [0.15, 0.2) is 0 Å². The first-order valence-electron chi connectivity index (χ1n) is 6.64. The summed E-state index contributed by atoms with van der Waals surface area (Å²) in [4.78, 5) is 23.8. The van der Waals surface area contributed by atoms with Crippen LogP contribution < -0.4 is 5.32 Å². The molecule has 0 unspecified atom stereocenters. The van der Waals surface area contributed by atoms with Crippen LogP contribution in [-0.2, 0) is 6.54 Å². The van der Waals surface area contributed by atoms with Gasteiger partial charge in [-0.1, -0.05) is 12.1 Å². The van der Waals surface area contributed by atoms with Gasteiger partial charge < -0.3 is 15.3 Å². The van der Waals surface area contributed by atoms with Crippen molar-refractivity contribution in [3.63, 3.8) is 0 Å². The third kappa shape index (κ3) is 3.68. The number of halogens is 2. The van der Waals surface area contributed by atoms with Gasteiger partial charge in [-0.2, -0.15) is 0 Å². The minimum Gasteiger partial charge on any atom is -0.478 e. The Balaban J connectivity index is 1.90. The van der Waals surface area contributed by atoms with E-state index in [4.69, 9.17) is 5.11 Å². The maximum absolute atomic E-state index is 12.8. The SMILES string of the molecule is O=C(O)c1ccc(CNC(=O)N2CCC[C@@H]2C(F)F)cc1. The van der Waals surface area contributed by atoms with Gasteiger partial charge in [-0.25, -0.2) is 18.4 Å². The molecule has 1 saturated heterocycles. The molecule has 1 aromatic carbocycles. The zero-order chi connectivity index (χ0) is 15.4. The Hall–Kier alpha value is -2.18. The summed E-state index contributed by atoms with van der Waals surface area (Å²) in [7, 11) is 0. The quantitative estimate of drug-likeness (QED) is 0.896. The van der Waals surface area contributed by atoms with Crippen LogP contribution in [0.4, 0.5) is 13.6 Å². The fourth-order valence-corrected chi connectivity index (χ4v) is 2.35. The molecular weight excluding hydrogens is 282 g/mol. The van der Waals surface area contributed by atoms with E-state index in [-0.39, 0.29) is 12.1 Å². The summed E-state index contributed by atoms with van der Waals surface area (Å²) in [6, 6.07) is 4.50. The molecule has 21 heavy (non-hydrogen) atoms. The van der Waals surface area contributed by atoms with Crippen molar-refractivity contribution in [3.8, 4) is 0 Å². The summed E-state index contributed by atoms with van der Waals surface area (Å²) in [5.74, 6) is -1.03. The zero-order valence-electron chi connectivity index (χ0n) is 11.3. The maximum Gasteiger partial charge on any atom is 0.335 e. The first kappa shape index (κ1) is 15.2. The van der Waals surface area contributed by atoms with Crippen LogP contribution in [0.15, 0.2) is 24.3 Å². The number of nitrogens with zero attached hydrogens (tertiary/aromatic N) is 1. The Labute approximate surface area is 120 Å². The van der Waals surface area contributed by atoms with Crippen molar-refractivity contribution in [3.05, 3.63) is 35.4 Å². The molecule has 1 fully saturated rings. The fourth-order valence-electron chi connectivity index (χ4n) is 2.35. The van der Waals surface area contributed by atoms with Crippen LogP contribution in [0.1, 0.15) is 28.8 Å². The molecule has 1 aliphatic rings. The van der Waals surface area contributed by atoms with Gasteiger partial charge in [0.05, 0.1) is 11.6 Å². The zero-order valence-corrected chi connectivity index (χ0v) is 11.3. The molecule has 5 nitrogen and oxygen atoms in total. The fraction of sp³-hybridized carbons (Fsp3) is 0.429. The molecule has 0 saturated carbocycles. The number of nitrogens with one attached hydrogen (secondary N) is 1. The van der Waals surface area contributed by atoms with E-state index in [1.54, 1.807) is 12.1 Å². The minimum atomic E-state index is -2.53. The van der Waals surface area contributed by atoms with Crippen molar-refractivity contribution < 1.29 is 23.5 Å². The highest BCUT2D eigenvalue weighted by Crippen LogP contribution is 2.22. The van der Waals surface area contributed by atoms with Gasteiger partial charge in [-0.15, -0.1) is 0 Å². The van der Waals surface area contributed by atoms with E-state index in [1.165, 1.54) is 12.1 Å². The lowest BCUT2D eigenvalue weighted by atomic mass is 10.1. The van der Waals surface area contributed by atoms with Gasteiger partial charge in [0.25, 0.3) is 6.43 Å². The molecule has 1 aromatic rings. The van der Waals surface area contributed by atoms with Gasteiger partial charge in [0.1, 0.15) is 0 Å². The first-order chi connectivity index (χ1) is 9.99. The molecule has 114 valence electrons. The molecule has 2 rings (SSSR count). The Kier molecular flexibility index (Phi) is 4.72. The lowest BCUT2D eigenvalue weighted by Crippen LogP contribution is -2.45. The standard InChI is InChI=1S/C14H16F2N2O3/c15-12(16)11-2-1-7-18(11)14(21)17-8-9-3-5-10(6-4-9)13(19)20/h3-6,11-12H,1-2,7-8H2,(H,17,21)(H,19,20)/t11-/m1/s1. The number of amides is 2. The average Bonchev–Trinajstić information content (AvgIpc) is 2.95. The van der Waals surface area contributed by atoms with Gasteiger partial charge in [0, 0.05) is 13.1 Å². The summed E-state index contributed by atoms with van der Waals surface area (Å²) in [6.07, 6.45) is -1.64. The van der Waals surface area contributed by atoms with E-state index in [9.17, 15) is 18.4 Å². The monoisotopic (exact) mass is 298 g/mol. The third-order valence-electron chi connectivity index (χ3n) is 3.50. The van der Waals surface area contributed by atoms with E-state index < -0.39 is 24.5 Å². The Morgan fingerprint density at radius 2 is 2.00 bits per heavy atom. The van der Waals surface area contributed by atoms with Crippen LogP contribution in [0.25, 0.3) is 0 Å². The van der Waals surface area contributed by atoms with E-state index in [0.29, 0.717) is 24.9 Å². The number of urea groups is 1. The maximum atomic E-state index is 12.8. The number of hydrogen-bond donors (Lipinski definition) is 2. The topological polar surface area (TPSA) is 69.6 Å². The lowest BCUT2D eigenvalue weighted by Gasteiger charge is -2.24. The summed E-state index contributed by atoms with van der Waals surface area (Å²) in [5.41, 5.74) is 0.864. The van der Waals surface area contributed by atoms with Crippen molar-refractivity contribution in [1.82, 2.24) is 10.2 Å². The predicted molar refractivity (Wildman–Crippen MR) is 71.4 cm³/mol. The second-order valence-corrected chi connectivity index (χ2v) is 4.90. The Morgan fingerprint density at radius 3 is 2.57 bits per heavy atom. The van der Waals surface area contributed by atoms with Crippen molar-refractivity contribution >= 4 is 12.0 Å². The molecule has 2 amide bonds. The number of aromatic carboxylic acids is 1. The average molecular weight is 298 g/mol. The van der Waals surface area contributed by atoms with E-state index in [0.717, 1.165) is 4.90 Å². The van der Waals surface area contributed by atoms with Crippen LogP contribution in [0.3, 0.4) is 0 Å². The molecule has 0 radical (unpaired) electrons. The van der Waals surface area contributed by atoms with E-state index in [1.807, 2.05) is 0 Å².